The fraction of sp³-hybridized carbons (Fsp3) is 0.462. The molecule has 0 aromatic heterocycles. The Hall–Kier alpha value is -1.71. The molecule has 0 bridgehead atoms. The van der Waals surface area contributed by atoms with E-state index in [0.29, 0.717) is 6.54 Å². The van der Waals surface area contributed by atoms with Crippen LogP contribution in [0.5, 0.6) is 5.75 Å². The summed E-state index contributed by atoms with van der Waals surface area (Å²) in [7, 11) is 3.45. The lowest BCUT2D eigenvalue weighted by Crippen LogP contribution is -2.36. The minimum absolute atomic E-state index is 0.698. The number of methoxy groups -OCH3 is 1. The van der Waals surface area contributed by atoms with E-state index < -0.39 is 0 Å². The Morgan fingerprint density at radius 1 is 1.35 bits per heavy atom. The molecule has 0 saturated carbocycles. The number of aliphatic imine (C=N–C) groups is 1. The Kier molecular flexibility index (Phi) is 5.33. The fourth-order valence-electron chi connectivity index (χ4n) is 1.56. The summed E-state index contributed by atoms with van der Waals surface area (Å²) in [6.45, 7) is 5.64. The highest BCUT2D eigenvalue weighted by molar-refractivity contribution is 5.79. The minimum atomic E-state index is 0.698. The molecule has 17 heavy (non-hydrogen) atoms. The van der Waals surface area contributed by atoms with Gasteiger partial charge in [-0.05, 0) is 25.5 Å². The van der Waals surface area contributed by atoms with E-state index in [2.05, 4.69) is 34.7 Å². The van der Waals surface area contributed by atoms with E-state index in [1.165, 1.54) is 5.56 Å². The van der Waals surface area contributed by atoms with Crippen LogP contribution in [0.2, 0.25) is 0 Å². The Morgan fingerprint density at radius 3 is 2.71 bits per heavy atom. The summed E-state index contributed by atoms with van der Waals surface area (Å²) in [5.41, 5.74) is 2.32. The van der Waals surface area contributed by atoms with Crippen molar-refractivity contribution in [2.45, 2.75) is 20.4 Å². The SMILES string of the molecule is CCNC(=NC)NCc1ccc(C)cc1OC. The highest BCUT2D eigenvalue weighted by Crippen LogP contribution is 2.19. The van der Waals surface area contributed by atoms with Crippen LogP contribution in [0.4, 0.5) is 0 Å². The molecule has 4 heteroatoms. The van der Waals surface area contributed by atoms with Crippen LogP contribution in [0.25, 0.3) is 0 Å². The lowest BCUT2D eigenvalue weighted by Gasteiger charge is -2.13. The lowest BCUT2D eigenvalue weighted by molar-refractivity contribution is 0.408. The Bertz CT molecular complexity index is 388. The van der Waals surface area contributed by atoms with Crippen LogP contribution >= 0.6 is 0 Å². The van der Waals surface area contributed by atoms with Crippen molar-refractivity contribution < 1.29 is 4.74 Å². The van der Waals surface area contributed by atoms with Gasteiger partial charge in [0.2, 0.25) is 0 Å². The fourth-order valence-corrected chi connectivity index (χ4v) is 1.56. The summed E-state index contributed by atoms with van der Waals surface area (Å²) in [5.74, 6) is 1.71. The van der Waals surface area contributed by atoms with E-state index in [1.54, 1.807) is 14.2 Å². The summed E-state index contributed by atoms with van der Waals surface area (Å²) >= 11 is 0. The molecule has 2 N–H and O–H groups in total. The average molecular weight is 235 g/mol. The first kappa shape index (κ1) is 13.4. The molecule has 0 amide bonds. The largest absolute Gasteiger partial charge is 0.496 e. The lowest BCUT2D eigenvalue weighted by atomic mass is 10.1. The van der Waals surface area contributed by atoms with E-state index in [0.717, 1.165) is 23.8 Å². The number of ether oxygens (including phenoxy) is 1. The number of benzene rings is 1. The number of hydrogen-bond acceptors (Lipinski definition) is 2. The molecule has 0 radical (unpaired) electrons. The molecule has 94 valence electrons. The molecule has 0 atom stereocenters. The molecule has 0 aliphatic rings. The topological polar surface area (TPSA) is 45.7 Å². The van der Waals surface area contributed by atoms with Crippen LogP contribution in [0.15, 0.2) is 23.2 Å². The highest BCUT2D eigenvalue weighted by Gasteiger charge is 2.03. The van der Waals surface area contributed by atoms with Crippen LogP contribution in [0.3, 0.4) is 0 Å². The monoisotopic (exact) mass is 235 g/mol. The number of rotatable bonds is 4. The summed E-state index contributed by atoms with van der Waals surface area (Å²) < 4.78 is 5.35. The highest BCUT2D eigenvalue weighted by atomic mass is 16.5. The summed E-state index contributed by atoms with van der Waals surface area (Å²) in [6.07, 6.45) is 0. The van der Waals surface area contributed by atoms with E-state index in [9.17, 15) is 0 Å². The zero-order valence-corrected chi connectivity index (χ0v) is 11.0. The smallest absolute Gasteiger partial charge is 0.191 e. The molecule has 0 saturated heterocycles. The quantitative estimate of drug-likeness (QED) is 0.616. The number of nitrogens with one attached hydrogen (secondary N) is 2. The van der Waals surface area contributed by atoms with Crippen molar-refractivity contribution in [3.63, 3.8) is 0 Å². The van der Waals surface area contributed by atoms with Gasteiger partial charge in [-0.25, -0.2) is 0 Å². The van der Waals surface area contributed by atoms with Crippen LogP contribution in [0.1, 0.15) is 18.1 Å². The van der Waals surface area contributed by atoms with E-state index in [4.69, 9.17) is 4.74 Å². The van der Waals surface area contributed by atoms with Gasteiger partial charge >= 0.3 is 0 Å². The maximum Gasteiger partial charge on any atom is 0.191 e. The molecule has 0 spiro atoms. The predicted octanol–water partition coefficient (Wildman–Crippen LogP) is 1.69. The van der Waals surface area contributed by atoms with Crippen molar-refractivity contribution >= 4 is 5.96 Å². The molecule has 0 aliphatic heterocycles. The van der Waals surface area contributed by atoms with Crippen molar-refractivity contribution in [2.75, 3.05) is 20.7 Å². The second kappa shape index (κ2) is 6.78. The third-order valence-electron chi connectivity index (χ3n) is 2.46. The molecule has 0 unspecified atom stereocenters. The van der Waals surface area contributed by atoms with E-state index in [1.807, 2.05) is 13.0 Å². The number of nitrogens with zero attached hydrogens (tertiary/aromatic N) is 1. The zero-order valence-electron chi connectivity index (χ0n) is 11.0. The molecule has 0 aliphatic carbocycles. The molecule has 0 fully saturated rings. The van der Waals surface area contributed by atoms with E-state index in [-0.39, 0.29) is 0 Å². The van der Waals surface area contributed by atoms with Gasteiger partial charge in [0.1, 0.15) is 5.75 Å². The van der Waals surface area contributed by atoms with Crippen LogP contribution < -0.4 is 15.4 Å². The molecule has 0 heterocycles. The van der Waals surface area contributed by atoms with Gasteiger partial charge in [0.25, 0.3) is 0 Å². The van der Waals surface area contributed by atoms with Gasteiger partial charge in [-0.15, -0.1) is 0 Å². The van der Waals surface area contributed by atoms with Crippen molar-refractivity contribution in [1.82, 2.24) is 10.6 Å². The van der Waals surface area contributed by atoms with Gasteiger partial charge in [-0.2, -0.15) is 0 Å². The summed E-state index contributed by atoms with van der Waals surface area (Å²) in [6, 6.07) is 6.18. The van der Waals surface area contributed by atoms with Crippen LogP contribution in [-0.2, 0) is 6.54 Å². The molecular formula is C13H21N3O. The minimum Gasteiger partial charge on any atom is -0.496 e. The Morgan fingerprint density at radius 2 is 2.12 bits per heavy atom. The van der Waals surface area contributed by atoms with Crippen molar-refractivity contribution in [3.05, 3.63) is 29.3 Å². The molecule has 1 aromatic rings. The second-order valence-corrected chi connectivity index (χ2v) is 3.77. The normalized spacial score (nSPS) is 11.2. The first-order chi connectivity index (χ1) is 8.21. The third-order valence-corrected chi connectivity index (χ3v) is 2.46. The summed E-state index contributed by atoms with van der Waals surface area (Å²) in [4.78, 5) is 4.12. The van der Waals surface area contributed by atoms with Crippen molar-refractivity contribution in [3.8, 4) is 5.75 Å². The van der Waals surface area contributed by atoms with Gasteiger partial charge in [-0.1, -0.05) is 12.1 Å². The van der Waals surface area contributed by atoms with Gasteiger partial charge in [0.15, 0.2) is 5.96 Å². The maximum absolute atomic E-state index is 5.35. The van der Waals surface area contributed by atoms with Gasteiger partial charge in [0.05, 0.1) is 7.11 Å². The molecular weight excluding hydrogens is 214 g/mol. The van der Waals surface area contributed by atoms with Crippen molar-refractivity contribution in [2.24, 2.45) is 4.99 Å². The Balaban J connectivity index is 2.68. The summed E-state index contributed by atoms with van der Waals surface area (Å²) in [5, 5.41) is 6.39. The molecule has 4 nitrogen and oxygen atoms in total. The molecule has 1 rings (SSSR count). The first-order valence-electron chi connectivity index (χ1n) is 5.79. The second-order valence-electron chi connectivity index (χ2n) is 3.77. The predicted molar refractivity (Wildman–Crippen MR) is 71.6 cm³/mol. The molecule has 1 aromatic carbocycles. The van der Waals surface area contributed by atoms with Crippen molar-refractivity contribution in [1.29, 1.82) is 0 Å². The zero-order chi connectivity index (χ0) is 12.7. The Labute approximate surface area is 103 Å². The van der Waals surface area contributed by atoms with Gasteiger partial charge < -0.3 is 15.4 Å². The third kappa shape index (κ3) is 3.98. The average Bonchev–Trinajstić information content (AvgIpc) is 2.35. The standard InChI is InChI=1S/C13H21N3O/c1-5-15-13(14-3)16-9-11-7-6-10(2)8-12(11)17-4/h6-8H,5,9H2,1-4H3,(H2,14,15,16). The van der Waals surface area contributed by atoms with Crippen LogP contribution in [0, 0.1) is 6.92 Å². The number of hydrogen-bond donors (Lipinski definition) is 2. The van der Waals surface area contributed by atoms with Gasteiger partial charge in [-0.3, -0.25) is 4.99 Å². The first-order valence-corrected chi connectivity index (χ1v) is 5.79. The number of guanidine groups is 1. The maximum atomic E-state index is 5.35. The van der Waals surface area contributed by atoms with Gasteiger partial charge in [0, 0.05) is 25.7 Å². The number of aryl methyl sites for hydroxylation is 1. The van der Waals surface area contributed by atoms with Crippen LogP contribution in [-0.4, -0.2) is 26.7 Å². The van der Waals surface area contributed by atoms with E-state index >= 15 is 0 Å².